The standard InChI is InChI=1S/C31H32NSe.C13H24O2.Ir/c1-19-21(18-30(2,3)4)12-13-24-25-14-15-32-27(29(25)33-28(19)24)22-16-20-10-8-9-11-23(20)26(17-22)31(5,6)7;1-5-10(6-2)12(14)9-13(15)11(7-3)8-4;/h8-15,17H,18H2,1-7H3;9-11,14H,5-8H2,1-4H3;/q-1;;/b;12-9-;/i;9D;. The van der Waals surface area contributed by atoms with Crippen LogP contribution in [0.3, 0.4) is 0 Å². The number of hydrogen-bond acceptors (Lipinski definition) is 3. The van der Waals surface area contributed by atoms with E-state index >= 15 is 0 Å². The van der Waals surface area contributed by atoms with E-state index in [0.29, 0.717) is 0 Å². The first-order valence-corrected chi connectivity index (χ1v) is 19.5. The van der Waals surface area contributed by atoms with Crippen molar-refractivity contribution >= 4 is 50.4 Å². The largest absolute Gasteiger partial charge is 0.512 e. The van der Waals surface area contributed by atoms with Gasteiger partial charge in [0.15, 0.2) is 5.78 Å². The molecule has 0 aliphatic carbocycles. The zero-order valence-corrected chi connectivity index (χ0v) is 35.5. The van der Waals surface area contributed by atoms with Crippen LogP contribution in [-0.2, 0) is 36.7 Å². The molecule has 0 aliphatic heterocycles. The Morgan fingerprint density at radius 1 is 0.898 bits per heavy atom. The Morgan fingerprint density at radius 2 is 1.51 bits per heavy atom. The van der Waals surface area contributed by atoms with Crippen molar-refractivity contribution in [1.82, 2.24) is 4.98 Å². The molecule has 5 rings (SSSR count). The van der Waals surface area contributed by atoms with E-state index in [2.05, 4.69) is 103 Å². The monoisotopic (exact) mass is 904 g/mol. The maximum absolute atomic E-state index is 11.9. The zero-order valence-electron chi connectivity index (χ0n) is 32.4. The van der Waals surface area contributed by atoms with Crippen molar-refractivity contribution in [3.05, 3.63) is 89.3 Å². The fourth-order valence-corrected chi connectivity index (χ4v) is 9.32. The number of pyridine rings is 1. The quantitative estimate of drug-likeness (QED) is 0.0694. The van der Waals surface area contributed by atoms with Crippen molar-refractivity contribution in [3.8, 4) is 11.3 Å². The number of benzene rings is 3. The Labute approximate surface area is 316 Å². The number of aromatic nitrogens is 1. The van der Waals surface area contributed by atoms with Crippen LogP contribution in [0.15, 0.2) is 66.5 Å². The minimum absolute atomic E-state index is 0. The molecule has 0 saturated carbocycles. The maximum atomic E-state index is 11.9. The number of hydrogen-bond donors (Lipinski definition) is 1. The van der Waals surface area contributed by atoms with Gasteiger partial charge in [-0.25, -0.2) is 0 Å². The minimum atomic E-state index is -0.214. The number of aliphatic hydroxyl groups excluding tert-OH is 1. The molecule has 49 heavy (non-hydrogen) atoms. The number of aliphatic hydroxyl groups is 1. The first-order chi connectivity index (χ1) is 23.1. The van der Waals surface area contributed by atoms with Crippen molar-refractivity contribution in [2.24, 2.45) is 17.3 Å². The third kappa shape index (κ3) is 9.62. The number of carbonyl (C=O) groups is 1. The van der Waals surface area contributed by atoms with Gasteiger partial charge in [0, 0.05) is 38.0 Å². The molecule has 0 atom stereocenters. The number of rotatable bonds is 9. The van der Waals surface area contributed by atoms with Crippen LogP contribution in [0.4, 0.5) is 0 Å². The topological polar surface area (TPSA) is 50.2 Å². The normalized spacial score (nSPS) is 13.0. The molecule has 2 aromatic heterocycles. The number of fused-ring (bicyclic) bond motifs is 4. The van der Waals surface area contributed by atoms with Crippen molar-refractivity contribution in [2.75, 3.05) is 0 Å². The summed E-state index contributed by atoms with van der Waals surface area (Å²) in [6, 6.07) is 21.4. The van der Waals surface area contributed by atoms with Crippen molar-refractivity contribution in [1.29, 1.82) is 0 Å². The van der Waals surface area contributed by atoms with Crippen molar-refractivity contribution in [3.63, 3.8) is 0 Å². The third-order valence-corrected chi connectivity index (χ3v) is 12.3. The molecule has 1 N–H and O–H groups in total. The van der Waals surface area contributed by atoms with Crippen LogP contribution in [0.2, 0.25) is 0 Å². The molecule has 0 unspecified atom stereocenters. The van der Waals surface area contributed by atoms with Gasteiger partial charge in [-0.1, -0.05) is 27.7 Å². The molecule has 1 radical (unpaired) electrons. The van der Waals surface area contributed by atoms with E-state index in [1.807, 2.05) is 33.9 Å². The van der Waals surface area contributed by atoms with E-state index in [1.54, 1.807) is 0 Å². The molecule has 0 saturated heterocycles. The van der Waals surface area contributed by atoms with Crippen LogP contribution in [-0.4, -0.2) is 30.4 Å². The molecular formula is C44H56IrNO2Se-. The Balaban J connectivity index is 0.000000340. The Hall–Kier alpha value is -2.55. The van der Waals surface area contributed by atoms with Gasteiger partial charge in [-0.05, 0) is 25.7 Å². The summed E-state index contributed by atoms with van der Waals surface area (Å²) in [5.41, 5.74) is 6.88. The van der Waals surface area contributed by atoms with E-state index in [1.165, 1.54) is 46.8 Å². The van der Waals surface area contributed by atoms with E-state index in [9.17, 15) is 9.90 Å². The van der Waals surface area contributed by atoms with E-state index < -0.39 is 0 Å². The van der Waals surface area contributed by atoms with Crippen molar-refractivity contribution < 1.29 is 31.4 Å². The first-order valence-electron chi connectivity index (χ1n) is 18.3. The van der Waals surface area contributed by atoms with Crippen LogP contribution >= 0.6 is 0 Å². The fourth-order valence-electron chi connectivity index (χ4n) is 6.54. The van der Waals surface area contributed by atoms with Gasteiger partial charge in [0.25, 0.3) is 0 Å². The Kier molecular flexibility index (Phi) is 13.7. The average Bonchev–Trinajstić information content (AvgIpc) is 3.45. The summed E-state index contributed by atoms with van der Waals surface area (Å²) in [7, 11) is 0. The molecule has 0 fully saturated rings. The zero-order chi connectivity index (χ0) is 36.3. The smallest absolute Gasteiger partial charge is 0.162 e. The van der Waals surface area contributed by atoms with Crippen LogP contribution in [0.5, 0.6) is 0 Å². The van der Waals surface area contributed by atoms with Gasteiger partial charge in [0.1, 0.15) is 0 Å². The third-order valence-electron chi connectivity index (χ3n) is 9.46. The van der Waals surface area contributed by atoms with E-state index in [0.717, 1.165) is 43.4 Å². The Morgan fingerprint density at radius 3 is 2.10 bits per heavy atom. The summed E-state index contributed by atoms with van der Waals surface area (Å²) in [6.07, 6.45) is 6.08. The van der Waals surface area contributed by atoms with Gasteiger partial charge in [0.2, 0.25) is 0 Å². The molecule has 5 heteroatoms. The summed E-state index contributed by atoms with van der Waals surface area (Å²) in [4.78, 5) is 16.8. The second kappa shape index (κ2) is 17.1. The summed E-state index contributed by atoms with van der Waals surface area (Å²) < 4.78 is 10.7. The molecule has 0 aliphatic rings. The first kappa shape index (κ1) is 39.2. The number of nitrogens with zero attached hydrogens (tertiary/aromatic N) is 1. The van der Waals surface area contributed by atoms with Crippen LogP contribution in [0, 0.1) is 30.2 Å². The van der Waals surface area contributed by atoms with Crippen molar-refractivity contribution in [2.45, 2.75) is 114 Å². The number of allylic oxidation sites excluding steroid dienone is 2. The molecule has 3 aromatic carbocycles. The molecule has 2 heterocycles. The predicted octanol–water partition coefficient (Wildman–Crippen LogP) is 12.1. The summed E-state index contributed by atoms with van der Waals surface area (Å²) in [6.45, 7) is 24.0. The van der Waals surface area contributed by atoms with E-state index in [4.69, 9.17) is 6.35 Å². The van der Waals surface area contributed by atoms with Gasteiger partial charge < -0.3 is 5.11 Å². The molecule has 0 spiro atoms. The van der Waals surface area contributed by atoms with Gasteiger partial charge in [0.05, 0.1) is 7.13 Å². The molecule has 5 aromatic rings. The minimum Gasteiger partial charge on any atom is -0.512 e. The van der Waals surface area contributed by atoms with E-state index in [-0.39, 0.29) is 74.9 Å². The second-order valence-corrected chi connectivity index (χ2v) is 17.5. The van der Waals surface area contributed by atoms with Gasteiger partial charge >= 0.3 is 204 Å². The molecule has 0 bridgehead atoms. The summed E-state index contributed by atoms with van der Waals surface area (Å²) >= 11 is 0.244. The average molecular weight is 903 g/mol. The number of carbonyl (C=O) groups excluding carboxylic acids is 1. The van der Waals surface area contributed by atoms with Crippen LogP contribution in [0.25, 0.3) is 41.3 Å². The summed E-state index contributed by atoms with van der Waals surface area (Å²) in [5, 5.41) is 15.1. The van der Waals surface area contributed by atoms with Crippen LogP contribution in [0.1, 0.15) is 113 Å². The molecule has 3 nitrogen and oxygen atoms in total. The molecule has 0 amide bonds. The SMILES string of the molecule is Cc1c(CC(C)(C)C)ccc2c1[se]c1c(-c3[c-]c4ccccc4c(C(C)(C)C)c3)nccc12.[2H]/C(C(=O)C(CC)CC)=C(/O)C(CC)CC.[Ir]. The maximum Gasteiger partial charge on any atom is 0.162 e. The molecule has 265 valence electrons. The Bertz CT molecular complexity index is 1970. The second-order valence-electron chi connectivity index (χ2n) is 15.4. The van der Waals surface area contributed by atoms with Gasteiger partial charge in [-0.15, -0.1) is 0 Å². The van der Waals surface area contributed by atoms with Crippen LogP contribution < -0.4 is 0 Å². The number of aryl methyl sites for hydroxylation is 1. The fraction of sp³-hybridized carbons (Fsp3) is 0.455. The van der Waals surface area contributed by atoms with Gasteiger partial charge in [-0.2, -0.15) is 0 Å². The number of ketones is 1. The van der Waals surface area contributed by atoms with Gasteiger partial charge in [-0.3, -0.25) is 4.79 Å². The predicted molar refractivity (Wildman–Crippen MR) is 208 cm³/mol. The molecular weight excluding hydrogens is 846 g/mol. The summed E-state index contributed by atoms with van der Waals surface area (Å²) in [5.74, 6) is -0.411.